The molecule has 1 atom stereocenters. The van der Waals surface area contributed by atoms with E-state index < -0.39 is 10.4 Å². The van der Waals surface area contributed by atoms with Crippen molar-refractivity contribution in [3.63, 3.8) is 0 Å². The highest BCUT2D eigenvalue weighted by Gasteiger charge is 2.34. The minimum Gasteiger partial charge on any atom is -0.593 e. The van der Waals surface area contributed by atoms with Crippen molar-refractivity contribution in [2.24, 2.45) is 0 Å². The number of rotatable bonds is 5. The molecular weight excluding hydrogens is 412 g/mol. The second-order valence-electron chi connectivity index (χ2n) is 7.29. The maximum Gasteiger partial charge on any atom is 0.253 e. The Morgan fingerprint density at radius 2 is 1.58 bits per heavy atom. The average Bonchev–Trinajstić information content (AvgIpc) is 2.84. The predicted octanol–water partition coefficient (Wildman–Crippen LogP) is 3.72. The second kappa shape index (κ2) is 9.01. The lowest BCUT2D eigenvalue weighted by Gasteiger charge is -2.35. The first kappa shape index (κ1) is 21.2. The van der Waals surface area contributed by atoms with Gasteiger partial charge in [0.05, 0.1) is 20.2 Å². The van der Waals surface area contributed by atoms with Crippen LogP contribution in [0.1, 0.15) is 10.4 Å². The number of ether oxygens (including phenoxy) is 1. The van der Waals surface area contributed by atoms with Gasteiger partial charge in [0.25, 0.3) is 5.91 Å². The molecule has 1 aliphatic heterocycles. The minimum absolute atomic E-state index is 0.103. The highest BCUT2D eigenvalue weighted by molar-refractivity contribution is 7.95. The maximum absolute atomic E-state index is 13.1. The molecule has 0 aromatic heterocycles. The summed E-state index contributed by atoms with van der Waals surface area (Å²) in [5.74, 6) is 0.639. The number of carbonyl (C=O) groups excluding carboxylic acids is 1. The van der Waals surface area contributed by atoms with Gasteiger partial charge in [-0.15, -0.1) is 4.31 Å². The normalized spacial score (nSPS) is 16.5. The van der Waals surface area contributed by atoms with E-state index in [9.17, 15) is 13.6 Å². The molecule has 160 valence electrons. The van der Waals surface area contributed by atoms with Crippen LogP contribution in [-0.4, -0.2) is 53.0 Å². The molecule has 0 aliphatic carbocycles. The van der Waals surface area contributed by atoms with Crippen LogP contribution in [0.2, 0.25) is 0 Å². The van der Waals surface area contributed by atoms with Gasteiger partial charge in [-0.25, -0.2) is 0 Å². The quantitative estimate of drug-likeness (QED) is 0.572. The molecule has 0 saturated carbocycles. The first-order chi connectivity index (χ1) is 15.0. The van der Waals surface area contributed by atoms with E-state index in [0.717, 1.165) is 16.9 Å². The molecule has 0 N–H and O–H groups in total. The number of amides is 1. The summed E-state index contributed by atoms with van der Waals surface area (Å²) in [4.78, 5) is 15.1. The van der Waals surface area contributed by atoms with Gasteiger partial charge in [0.15, 0.2) is 15.3 Å². The summed E-state index contributed by atoms with van der Waals surface area (Å²) in [6, 6.07) is 23.5. The predicted molar refractivity (Wildman–Crippen MR) is 119 cm³/mol. The Morgan fingerprint density at radius 3 is 2.29 bits per heavy atom. The van der Waals surface area contributed by atoms with E-state index in [1.807, 2.05) is 42.5 Å². The smallest absolute Gasteiger partial charge is 0.253 e. The van der Waals surface area contributed by atoms with Crippen LogP contribution in [0.15, 0.2) is 83.8 Å². The fourth-order valence-electron chi connectivity index (χ4n) is 3.76. The lowest BCUT2D eigenvalue weighted by atomic mass is 10.0. The van der Waals surface area contributed by atoms with Gasteiger partial charge in [0.1, 0.15) is 5.75 Å². The third-order valence-corrected chi connectivity index (χ3v) is 7.35. The van der Waals surface area contributed by atoms with E-state index in [0.29, 0.717) is 18.7 Å². The first-order valence-corrected chi connectivity index (χ1v) is 11.5. The molecule has 7 heteroatoms. The standard InChI is InChI=1S/C24H24N2O4S/c1-30-23-13-6-5-12-22(23)19-8-7-9-20(18-19)24(27)25-14-16-26(17-15-25)31(28,29)21-10-3-2-4-11-21/h2-13,18H,14-17H2,1H3. The van der Waals surface area contributed by atoms with Crippen molar-refractivity contribution in [3.8, 4) is 16.9 Å². The summed E-state index contributed by atoms with van der Waals surface area (Å²) >= 11 is 0. The molecular formula is C24H24N2O4S. The van der Waals surface area contributed by atoms with Gasteiger partial charge >= 0.3 is 0 Å². The number of hydrogen-bond acceptors (Lipinski definition) is 4. The third kappa shape index (κ3) is 4.39. The Bertz CT molecular complexity index is 1110. The topological polar surface area (TPSA) is 72.9 Å². The first-order valence-electron chi connectivity index (χ1n) is 10.1. The Morgan fingerprint density at radius 1 is 0.903 bits per heavy atom. The molecule has 3 aromatic rings. The molecule has 0 radical (unpaired) electrons. The van der Waals surface area contributed by atoms with E-state index in [1.54, 1.807) is 48.4 Å². The zero-order chi connectivity index (χ0) is 21.8. The van der Waals surface area contributed by atoms with Crippen molar-refractivity contribution in [1.29, 1.82) is 0 Å². The molecule has 31 heavy (non-hydrogen) atoms. The molecule has 0 spiro atoms. The number of piperazine rings is 1. The number of methoxy groups -OCH3 is 1. The van der Waals surface area contributed by atoms with Crippen LogP contribution < -0.4 is 4.74 Å². The van der Waals surface area contributed by atoms with Gasteiger partial charge < -0.3 is 14.2 Å². The summed E-state index contributed by atoms with van der Waals surface area (Å²) in [5, 5.41) is 0. The SMILES string of the molecule is COc1ccccc1-c1cccc(C(=O)N2CCN([S+](=O)([O-])c3ccccc3)CC2)c1. The van der Waals surface area contributed by atoms with Crippen LogP contribution in [0.25, 0.3) is 11.1 Å². The minimum atomic E-state index is -3.54. The van der Waals surface area contributed by atoms with E-state index in [4.69, 9.17) is 4.74 Å². The van der Waals surface area contributed by atoms with Crippen LogP contribution in [0, 0.1) is 0 Å². The van der Waals surface area contributed by atoms with E-state index in [-0.39, 0.29) is 23.9 Å². The number of nitrogens with zero attached hydrogens (tertiary/aromatic N) is 2. The summed E-state index contributed by atoms with van der Waals surface area (Å²) in [7, 11) is -1.92. The Hall–Kier alpha value is -3.00. The third-order valence-electron chi connectivity index (χ3n) is 5.43. The van der Waals surface area contributed by atoms with Crippen LogP contribution >= 0.6 is 0 Å². The van der Waals surface area contributed by atoms with Crippen molar-refractivity contribution in [2.45, 2.75) is 4.90 Å². The monoisotopic (exact) mass is 436 g/mol. The highest BCUT2D eigenvalue weighted by Crippen LogP contribution is 2.30. The second-order valence-corrected chi connectivity index (χ2v) is 9.23. The molecule has 4 rings (SSSR count). The Kier molecular flexibility index (Phi) is 6.18. The van der Waals surface area contributed by atoms with Gasteiger partial charge in [0.2, 0.25) is 0 Å². The molecule has 1 saturated heterocycles. The lowest BCUT2D eigenvalue weighted by molar-refractivity contribution is 0.0693. The van der Waals surface area contributed by atoms with Gasteiger partial charge in [0, 0.05) is 24.2 Å². The van der Waals surface area contributed by atoms with E-state index in [2.05, 4.69) is 0 Å². The summed E-state index contributed by atoms with van der Waals surface area (Å²) in [5.41, 5.74) is 2.38. The molecule has 0 bridgehead atoms. The van der Waals surface area contributed by atoms with Crippen molar-refractivity contribution in [2.75, 3.05) is 33.3 Å². The average molecular weight is 437 g/mol. The zero-order valence-corrected chi connectivity index (χ0v) is 18.1. The van der Waals surface area contributed by atoms with E-state index >= 15 is 0 Å². The Balaban J connectivity index is 1.48. The molecule has 3 aromatic carbocycles. The molecule has 1 amide bonds. The van der Waals surface area contributed by atoms with Crippen LogP contribution in [0.3, 0.4) is 0 Å². The summed E-state index contributed by atoms with van der Waals surface area (Å²) < 4.78 is 32.5. The fraction of sp³-hybridized carbons (Fsp3) is 0.208. The lowest BCUT2D eigenvalue weighted by Crippen LogP contribution is -2.52. The molecule has 1 unspecified atom stereocenters. The zero-order valence-electron chi connectivity index (χ0n) is 17.3. The molecule has 1 aliphatic rings. The largest absolute Gasteiger partial charge is 0.593 e. The van der Waals surface area contributed by atoms with Gasteiger partial charge in [-0.1, -0.05) is 52.7 Å². The van der Waals surface area contributed by atoms with Gasteiger partial charge in [-0.3, -0.25) is 4.79 Å². The number of hydrogen-bond donors (Lipinski definition) is 0. The molecule has 1 fully saturated rings. The summed E-state index contributed by atoms with van der Waals surface area (Å²) in [6.07, 6.45) is 0. The van der Waals surface area contributed by atoms with E-state index in [1.165, 1.54) is 4.31 Å². The number of para-hydroxylation sites is 1. The molecule has 1 heterocycles. The van der Waals surface area contributed by atoms with Crippen molar-refractivity contribution < 1.29 is 18.3 Å². The van der Waals surface area contributed by atoms with Gasteiger partial charge in [-0.05, 0) is 35.9 Å². The number of sulfonamides is 1. The van der Waals surface area contributed by atoms with Crippen LogP contribution in [0.5, 0.6) is 5.75 Å². The number of benzene rings is 3. The van der Waals surface area contributed by atoms with Crippen molar-refractivity contribution in [3.05, 3.63) is 84.4 Å². The van der Waals surface area contributed by atoms with Gasteiger partial charge in [-0.2, -0.15) is 0 Å². The van der Waals surface area contributed by atoms with Crippen molar-refractivity contribution in [1.82, 2.24) is 9.21 Å². The fourth-order valence-corrected chi connectivity index (χ4v) is 5.20. The highest BCUT2D eigenvalue weighted by atomic mass is 32.3. The Labute approximate surface area is 183 Å². The van der Waals surface area contributed by atoms with Crippen molar-refractivity contribution >= 4 is 16.3 Å². The van der Waals surface area contributed by atoms with Crippen LogP contribution in [0.4, 0.5) is 0 Å². The summed E-state index contributed by atoms with van der Waals surface area (Å²) in [6.45, 7) is 1.25. The molecule has 6 nitrogen and oxygen atoms in total. The van der Waals surface area contributed by atoms with Crippen LogP contribution in [-0.2, 0) is 14.6 Å². The number of carbonyl (C=O) groups is 1. The maximum atomic E-state index is 13.1.